The Morgan fingerprint density at radius 2 is 2.06 bits per heavy atom. The highest BCUT2D eigenvalue weighted by Gasteiger charge is 2.06. The third-order valence-corrected chi connectivity index (χ3v) is 2.78. The second-order valence-corrected chi connectivity index (χ2v) is 4.31. The van der Waals surface area contributed by atoms with E-state index in [0.29, 0.717) is 6.42 Å². The van der Waals surface area contributed by atoms with Gasteiger partial charge in [-0.15, -0.1) is 0 Å². The van der Waals surface area contributed by atoms with Gasteiger partial charge in [0.2, 0.25) is 5.91 Å². The van der Waals surface area contributed by atoms with Gasteiger partial charge in [0.05, 0.1) is 0 Å². The number of carbonyl (C=O) groups is 1. The first-order valence-electron chi connectivity index (χ1n) is 6.28. The van der Waals surface area contributed by atoms with Crippen LogP contribution in [0.25, 0.3) is 0 Å². The monoisotopic (exact) mass is 234 g/mol. The van der Waals surface area contributed by atoms with E-state index in [4.69, 9.17) is 5.73 Å². The van der Waals surface area contributed by atoms with Gasteiger partial charge >= 0.3 is 0 Å². The van der Waals surface area contributed by atoms with E-state index in [-0.39, 0.29) is 11.9 Å². The first-order chi connectivity index (χ1) is 8.22. The van der Waals surface area contributed by atoms with E-state index in [1.807, 2.05) is 25.1 Å². The molecule has 1 aromatic rings. The molecule has 0 fully saturated rings. The van der Waals surface area contributed by atoms with Crippen molar-refractivity contribution in [1.82, 2.24) is 5.32 Å². The topological polar surface area (TPSA) is 55.1 Å². The third kappa shape index (κ3) is 6.07. The van der Waals surface area contributed by atoms with Crippen molar-refractivity contribution in [3.63, 3.8) is 0 Å². The lowest BCUT2D eigenvalue weighted by Crippen LogP contribution is -2.31. The van der Waals surface area contributed by atoms with Gasteiger partial charge in [-0.3, -0.25) is 4.79 Å². The fraction of sp³-hybridized carbons (Fsp3) is 0.500. The van der Waals surface area contributed by atoms with Crippen LogP contribution in [-0.2, 0) is 11.2 Å². The fourth-order valence-corrected chi connectivity index (χ4v) is 1.62. The minimum Gasteiger partial charge on any atom is -0.356 e. The van der Waals surface area contributed by atoms with Gasteiger partial charge in [0, 0.05) is 19.0 Å². The first kappa shape index (κ1) is 13.7. The summed E-state index contributed by atoms with van der Waals surface area (Å²) in [5, 5.41) is 2.90. The number of carbonyl (C=O) groups excluding carboxylic acids is 1. The lowest BCUT2D eigenvalue weighted by molar-refractivity contribution is -0.121. The molecule has 1 aromatic carbocycles. The Hall–Kier alpha value is -1.35. The summed E-state index contributed by atoms with van der Waals surface area (Å²) < 4.78 is 0. The van der Waals surface area contributed by atoms with E-state index in [2.05, 4.69) is 17.4 Å². The molecule has 3 heteroatoms. The van der Waals surface area contributed by atoms with Crippen LogP contribution in [0.5, 0.6) is 0 Å². The van der Waals surface area contributed by atoms with Crippen LogP contribution in [0.3, 0.4) is 0 Å². The van der Waals surface area contributed by atoms with Gasteiger partial charge in [0.15, 0.2) is 0 Å². The molecule has 0 aliphatic rings. The Bertz CT molecular complexity index is 324. The Morgan fingerprint density at radius 3 is 2.71 bits per heavy atom. The molecule has 0 aromatic heterocycles. The number of nitrogens with one attached hydrogen (secondary N) is 1. The van der Waals surface area contributed by atoms with Crippen molar-refractivity contribution in [3.8, 4) is 0 Å². The highest BCUT2D eigenvalue weighted by atomic mass is 16.1. The molecule has 3 N–H and O–H groups in total. The van der Waals surface area contributed by atoms with Crippen molar-refractivity contribution in [2.24, 2.45) is 5.73 Å². The van der Waals surface area contributed by atoms with Crippen LogP contribution in [0.4, 0.5) is 0 Å². The molecular formula is C14H22N2O. The molecule has 3 nitrogen and oxygen atoms in total. The summed E-state index contributed by atoms with van der Waals surface area (Å²) >= 11 is 0. The number of benzene rings is 1. The molecule has 1 atom stereocenters. The van der Waals surface area contributed by atoms with Gasteiger partial charge < -0.3 is 11.1 Å². The van der Waals surface area contributed by atoms with Crippen LogP contribution >= 0.6 is 0 Å². The molecule has 0 radical (unpaired) electrons. The summed E-state index contributed by atoms with van der Waals surface area (Å²) in [5.74, 6) is 0.0624. The van der Waals surface area contributed by atoms with E-state index >= 15 is 0 Å². The number of aryl methyl sites for hydroxylation is 1. The van der Waals surface area contributed by atoms with E-state index in [0.717, 1.165) is 25.8 Å². The molecule has 0 heterocycles. The number of nitrogens with two attached hydrogens (primary N) is 1. The molecule has 0 spiro atoms. The van der Waals surface area contributed by atoms with Crippen LogP contribution in [0.2, 0.25) is 0 Å². The van der Waals surface area contributed by atoms with Crippen molar-refractivity contribution in [3.05, 3.63) is 35.9 Å². The zero-order valence-corrected chi connectivity index (χ0v) is 10.5. The van der Waals surface area contributed by atoms with E-state index in [1.165, 1.54) is 5.56 Å². The maximum absolute atomic E-state index is 11.4. The molecule has 1 amide bonds. The van der Waals surface area contributed by atoms with Crippen molar-refractivity contribution in [2.45, 2.75) is 38.6 Å². The maximum atomic E-state index is 11.4. The summed E-state index contributed by atoms with van der Waals surface area (Å²) in [6.45, 7) is 2.72. The minimum absolute atomic E-state index is 0.0101. The summed E-state index contributed by atoms with van der Waals surface area (Å²) in [5.41, 5.74) is 7.02. The molecule has 94 valence electrons. The van der Waals surface area contributed by atoms with Gasteiger partial charge in [-0.25, -0.2) is 0 Å². The van der Waals surface area contributed by atoms with Crippen molar-refractivity contribution in [1.29, 1.82) is 0 Å². The molecule has 1 rings (SSSR count). The summed E-state index contributed by atoms with van der Waals surface area (Å²) in [4.78, 5) is 11.4. The zero-order chi connectivity index (χ0) is 12.5. The summed E-state index contributed by atoms with van der Waals surface area (Å²) in [7, 11) is 0. The van der Waals surface area contributed by atoms with Crippen LogP contribution in [0, 0.1) is 0 Å². The van der Waals surface area contributed by atoms with Crippen LogP contribution in [0.15, 0.2) is 30.3 Å². The van der Waals surface area contributed by atoms with Crippen LogP contribution in [-0.4, -0.2) is 18.5 Å². The highest BCUT2D eigenvalue weighted by Crippen LogP contribution is 2.01. The standard InChI is InChI=1S/C14H22N2O/c1-2-13(15)11-14(17)16-10-6-9-12-7-4-3-5-8-12/h3-5,7-8,13H,2,6,9-11,15H2,1H3,(H,16,17). The average molecular weight is 234 g/mol. The molecule has 0 bridgehead atoms. The predicted octanol–water partition coefficient (Wildman–Crippen LogP) is 1.86. The van der Waals surface area contributed by atoms with Gasteiger partial charge in [0.1, 0.15) is 0 Å². The van der Waals surface area contributed by atoms with E-state index < -0.39 is 0 Å². The number of hydrogen-bond donors (Lipinski definition) is 2. The molecule has 0 aliphatic heterocycles. The number of hydrogen-bond acceptors (Lipinski definition) is 2. The quantitative estimate of drug-likeness (QED) is 0.708. The number of rotatable bonds is 7. The van der Waals surface area contributed by atoms with Crippen LogP contribution < -0.4 is 11.1 Å². The molecule has 0 aliphatic carbocycles. The fourth-order valence-electron chi connectivity index (χ4n) is 1.62. The van der Waals surface area contributed by atoms with E-state index in [9.17, 15) is 4.79 Å². The Morgan fingerprint density at radius 1 is 1.35 bits per heavy atom. The molecule has 17 heavy (non-hydrogen) atoms. The lowest BCUT2D eigenvalue weighted by atomic mass is 10.1. The lowest BCUT2D eigenvalue weighted by Gasteiger charge is -2.09. The van der Waals surface area contributed by atoms with Gasteiger partial charge in [0.25, 0.3) is 0 Å². The maximum Gasteiger partial charge on any atom is 0.221 e. The van der Waals surface area contributed by atoms with Crippen LogP contribution in [0.1, 0.15) is 31.7 Å². The zero-order valence-electron chi connectivity index (χ0n) is 10.5. The van der Waals surface area contributed by atoms with E-state index in [1.54, 1.807) is 0 Å². The average Bonchev–Trinajstić information content (AvgIpc) is 2.36. The minimum atomic E-state index is -0.0101. The summed E-state index contributed by atoms with van der Waals surface area (Å²) in [6, 6.07) is 10.3. The second-order valence-electron chi connectivity index (χ2n) is 4.31. The van der Waals surface area contributed by atoms with Crippen molar-refractivity contribution >= 4 is 5.91 Å². The highest BCUT2D eigenvalue weighted by molar-refractivity contribution is 5.76. The normalized spacial score (nSPS) is 12.1. The SMILES string of the molecule is CCC(N)CC(=O)NCCCc1ccccc1. The van der Waals surface area contributed by atoms with Gasteiger partial charge in [-0.1, -0.05) is 37.3 Å². The largest absolute Gasteiger partial charge is 0.356 e. The Kier molecular flexibility index (Phi) is 6.33. The summed E-state index contributed by atoms with van der Waals surface area (Å²) in [6.07, 6.45) is 3.25. The van der Waals surface area contributed by atoms with Gasteiger partial charge in [-0.05, 0) is 24.8 Å². The molecule has 0 saturated carbocycles. The van der Waals surface area contributed by atoms with Gasteiger partial charge in [-0.2, -0.15) is 0 Å². The third-order valence-electron chi connectivity index (χ3n) is 2.78. The Labute approximate surface area is 103 Å². The Balaban J connectivity index is 2.10. The van der Waals surface area contributed by atoms with Crippen molar-refractivity contribution < 1.29 is 4.79 Å². The molecular weight excluding hydrogens is 212 g/mol. The molecule has 0 saturated heterocycles. The second kappa shape index (κ2) is 7.85. The predicted molar refractivity (Wildman–Crippen MR) is 70.7 cm³/mol. The number of amides is 1. The molecule has 1 unspecified atom stereocenters. The first-order valence-corrected chi connectivity index (χ1v) is 6.28. The van der Waals surface area contributed by atoms with Crippen molar-refractivity contribution in [2.75, 3.05) is 6.54 Å². The smallest absolute Gasteiger partial charge is 0.221 e.